The molecular weight excluding hydrogens is 370 g/mol. The van der Waals surface area contributed by atoms with Crippen LogP contribution in [0.1, 0.15) is 12.5 Å². The molecule has 0 aromatic heterocycles. The fourth-order valence-corrected chi connectivity index (χ4v) is 3.91. The van der Waals surface area contributed by atoms with Crippen LogP contribution < -0.4 is 14.2 Å². The van der Waals surface area contributed by atoms with Crippen molar-refractivity contribution in [1.82, 2.24) is 4.72 Å². The molecule has 1 atom stereocenters. The fourth-order valence-electron chi connectivity index (χ4n) is 2.71. The maximum atomic E-state index is 12.8. The number of ether oxygens (including phenoxy) is 3. The fraction of sp³-hybridized carbons (Fsp3) is 0.316. The van der Waals surface area contributed by atoms with Crippen molar-refractivity contribution in [2.24, 2.45) is 0 Å². The SMILES string of the molecule is CCOC(=O)[C@@H](Cc1ccccc1)NS(=O)(=O)c1ccc2c(c1)OCCO2. The Morgan fingerprint density at radius 2 is 1.81 bits per heavy atom. The lowest BCUT2D eigenvalue weighted by molar-refractivity contribution is -0.145. The monoisotopic (exact) mass is 391 g/mol. The second-order valence-electron chi connectivity index (χ2n) is 5.92. The van der Waals surface area contributed by atoms with E-state index < -0.39 is 22.0 Å². The molecule has 0 aliphatic carbocycles. The summed E-state index contributed by atoms with van der Waals surface area (Å²) in [7, 11) is -3.96. The summed E-state index contributed by atoms with van der Waals surface area (Å²) in [4.78, 5) is 12.3. The van der Waals surface area contributed by atoms with E-state index in [1.807, 2.05) is 30.3 Å². The van der Waals surface area contributed by atoms with Gasteiger partial charge in [-0.3, -0.25) is 4.79 Å². The van der Waals surface area contributed by atoms with Crippen LogP contribution in [-0.4, -0.2) is 40.2 Å². The number of hydrogen-bond donors (Lipinski definition) is 1. The van der Waals surface area contributed by atoms with Gasteiger partial charge in [-0.15, -0.1) is 0 Å². The number of hydrogen-bond acceptors (Lipinski definition) is 6. The molecule has 0 spiro atoms. The van der Waals surface area contributed by atoms with Gasteiger partial charge in [-0.25, -0.2) is 8.42 Å². The van der Waals surface area contributed by atoms with E-state index >= 15 is 0 Å². The molecule has 8 heteroatoms. The standard InChI is InChI=1S/C19H21NO6S/c1-2-24-19(21)16(12-14-6-4-3-5-7-14)20-27(22,23)15-8-9-17-18(13-15)26-11-10-25-17/h3-9,13,16,20H,2,10-12H2,1H3/t16-/m1/s1. The lowest BCUT2D eigenvalue weighted by Crippen LogP contribution is -2.43. The molecule has 1 heterocycles. The summed E-state index contributed by atoms with van der Waals surface area (Å²) in [6.07, 6.45) is 0.184. The van der Waals surface area contributed by atoms with Gasteiger partial charge in [0.1, 0.15) is 19.3 Å². The minimum atomic E-state index is -3.96. The number of carbonyl (C=O) groups excluding carboxylic acids is 1. The largest absolute Gasteiger partial charge is 0.486 e. The summed E-state index contributed by atoms with van der Waals surface area (Å²) in [6.45, 7) is 2.60. The minimum absolute atomic E-state index is 0.00545. The quantitative estimate of drug-likeness (QED) is 0.725. The summed E-state index contributed by atoms with van der Waals surface area (Å²) in [5.74, 6) is 0.230. The van der Waals surface area contributed by atoms with Crippen molar-refractivity contribution in [2.75, 3.05) is 19.8 Å². The Bertz CT molecular complexity index is 898. The number of nitrogens with one attached hydrogen (secondary N) is 1. The topological polar surface area (TPSA) is 90.9 Å². The van der Waals surface area contributed by atoms with E-state index in [0.29, 0.717) is 24.7 Å². The zero-order chi connectivity index (χ0) is 19.3. The molecule has 0 saturated carbocycles. The predicted octanol–water partition coefficient (Wildman–Crippen LogP) is 1.91. The Hall–Kier alpha value is -2.58. The van der Waals surface area contributed by atoms with Crippen LogP contribution in [0.3, 0.4) is 0 Å². The first-order chi connectivity index (χ1) is 13.0. The van der Waals surface area contributed by atoms with E-state index in [0.717, 1.165) is 5.56 Å². The molecule has 144 valence electrons. The van der Waals surface area contributed by atoms with Gasteiger partial charge in [0.2, 0.25) is 10.0 Å². The van der Waals surface area contributed by atoms with E-state index in [1.165, 1.54) is 12.1 Å². The highest BCUT2D eigenvalue weighted by Gasteiger charge is 2.28. The van der Waals surface area contributed by atoms with Crippen LogP contribution in [0.4, 0.5) is 0 Å². The van der Waals surface area contributed by atoms with E-state index in [-0.39, 0.29) is 17.9 Å². The molecule has 1 aliphatic rings. The van der Waals surface area contributed by atoms with Crippen molar-refractivity contribution in [3.63, 3.8) is 0 Å². The minimum Gasteiger partial charge on any atom is -0.486 e. The number of benzene rings is 2. The van der Waals surface area contributed by atoms with E-state index in [9.17, 15) is 13.2 Å². The van der Waals surface area contributed by atoms with Gasteiger partial charge < -0.3 is 14.2 Å². The van der Waals surface area contributed by atoms with Gasteiger partial charge in [0.15, 0.2) is 11.5 Å². The molecule has 1 aliphatic heterocycles. The molecule has 27 heavy (non-hydrogen) atoms. The first-order valence-corrected chi connectivity index (χ1v) is 10.1. The molecule has 0 radical (unpaired) electrons. The Morgan fingerprint density at radius 1 is 1.11 bits per heavy atom. The molecule has 0 fully saturated rings. The van der Waals surface area contributed by atoms with Crippen LogP contribution in [0.5, 0.6) is 11.5 Å². The summed E-state index contributed by atoms with van der Waals surface area (Å²) >= 11 is 0. The summed E-state index contributed by atoms with van der Waals surface area (Å²) < 4.78 is 44.0. The first-order valence-electron chi connectivity index (χ1n) is 8.62. The molecule has 1 N–H and O–H groups in total. The lowest BCUT2D eigenvalue weighted by atomic mass is 10.1. The highest BCUT2D eigenvalue weighted by molar-refractivity contribution is 7.89. The molecule has 7 nitrogen and oxygen atoms in total. The molecule has 2 aromatic carbocycles. The van der Waals surface area contributed by atoms with Gasteiger partial charge in [-0.2, -0.15) is 4.72 Å². The van der Waals surface area contributed by atoms with Crippen molar-refractivity contribution < 1.29 is 27.4 Å². The van der Waals surface area contributed by atoms with Crippen LogP contribution in [-0.2, 0) is 26.0 Å². The van der Waals surface area contributed by atoms with Crippen molar-refractivity contribution in [3.05, 3.63) is 54.1 Å². The zero-order valence-electron chi connectivity index (χ0n) is 14.9. The third-order valence-electron chi connectivity index (χ3n) is 3.98. The number of carbonyl (C=O) groups is 1. The predicted molar refractivity (Wildman–Crippen MR) is 98.3 cm³/mol. The Labute approximate surface area is 158 Å². The van der Waals surface area contributed by atoms with Gasteiger partial charge in [-0.05, 0) is 31.0 Å². The third-order valence-corrected chi connectivity index (χ3v) is 5.44. The van der Waals surface area contributed by atoms with Gasteiger partial charge in [-0.1, -0.05) is 30.3 Å². The van der Waals surface area contributed by atoms with Crippen molar-refractivity contribution in [3.8, 4) is 11.5 Å². The molecule has 0 unspecified atom stereocenters. The van der Waals surface area contributed by atoms with Crippen LogP contribution in [0.25, 0.3) is 0 Å². The van der Waals surface area contributed by atoms with Crippen molar-refractivity contribution >= 4 is 16.0 Å². The van der Waals surface area contributed by atoms with Gasteiger partial charge in [0, 0.05) is 6.07 Å². The van der Waals surface area contributed by atoms with Crippen molar-refractivity contribution in [1.29, 1.82) is 0 Å². The van der Waals surface area contributed by atoms with E-state index in [4.69, 9.17) is 14.2 Å². The lowest BCUT2D eigenvalue weighted by Gasteiger charge is -2.20. The van der Waals surface area contributed by atoms with Gasteiger partial charge >= 0.3 is 5.97 Å². The highest BCUT2D eigenvalue weighted by atomic mass is 32.2. The Morgan fingerprint density at radius 3 is 2.52 bits per heavy atom. The second-order valence-corrected chi connectivity index (χ2v) is 7.64. The van der Waals surface area contributed by atoms with Gasteiger partial charge in [0.05, 0.1) is 11.5 Å². The molecule has 2 aromatic rings. The molecule has 0 saturated heterocycles. The molecule has 0 amide bonds. The molecule has 0 bridgehead atoms. The maximum absolute atomic E-state index is 12.8. The average molecular weight is 391 g/mol. The van der Waals surface area contributed by atoms with Crippen molar-refractivity contribution in [2.45, 2.75) is 24.3 Å². The molecular formula is C19H21NO6S. The summed E-state index contributed by atoms with van der Waals surface area (Å²) in [6, 6.07) is 12.5. The summed E-state index contributed by atoms with van der Waals surface area (Å²) in [5.41, 5.74) is 0.820. The number of esters is 1. The van der Waals surface area contributed by atoms with E-state index in [1.54, 1.807) is 13.0 Å². The van der Waals surface area contributed by atoms with E-state index in [2.05, 4.69) is 4.72 Å². The van der Waals surface area contributed by atoms with Crippen LogP contribution >= 0.6 is 0 Å². The smallest absolute Gasteiger partial charge is 0.324 e. The number of fused-ring (bicyclic) bond motifs is 1. The Balaban J connectivity index is 1.83. The van der Waals surface area contributed by atoms with Crippen LogP contribution in [0.15, 0.2) is 53.4 Å². The first kappa shape index (κ1) is 19.2. The van der Waals surface area contributed by atoms with Crippen LogP contribution in [0, 0.1) is 0 Å². The summed E-state index contributed by atoms with van der Waals surface area (Å²) in [5, 5.41) is 0. The highest BCUT2D eigenvalue weighted by Crippen LogP contribution is 2.32. The number of rotatable bonds is 7. The van der Waals surface area contributed by atoms with Gasteiger partial charge in [0.25, 0.3) is 0 Å². The molecule has 3 rings (SSSR count). The zero-order valence-corrected chi connectivity index (χ0v) is 15.7. The Kier molecular flexibility index (Phi) is 5.98. The normalized spacial score (nSPS) is 14.4. The average Bonchev–Trinajstić information content (AvgIpc) is 2.68. The third kappa shape index (κ3) is 4.78. The van der Waals surface area contributed by atoms with Crippen LogP contribution in [0.2, 0.25) is 0 Å². The maximum Gasteiger partial charge on any atom is 0.324 e. The second kappa shape index (κ2) is 8.41. The number of sulfonamides is 1.